The summed E-state index contributed by atoms with van der Waals surface area (Å²) in [7, 11) is 0. The molecule has 1 saturated carbocycles. The van der Waals surface area contributed by atoms with E-state index in [9.17, 15) is 23.1 Å². The van der Waals surface area contributed by atoms with E-state index in [1.807, 2.05) is 41.8 Å². The van der Waals surface area contributed by atoms with E-state index in [0.717, 1.165) is 37.0 Å². The van der Waals surface area contributed by atoms with E-state index in [2.05, 4.69) is 20.3 Å². The molecular weight excluding hydrogens is 471 g/mol. The highest BCUT2D eigenvalue weighted by atomic mass is 19.4. The summed E-state index contributed by atoms with van der Waals surface area (Å²) >= 11 is 0. The highest BCUT2D eigenvalue weighted by Crippen LogP contribution is 2.34. The summed E-state index contributed by atoms with van der Waals surface area (Å²) in [5.74, 6) is -0.331. The average molecular weight is 496 g/mol. The van der Waals surface area contributed by atoms with Gasteiger partial charge in [-0.25, -0.2) is 19.7 Å². The third kappa shape index (κ3) is 4.62. The standard InChI is InChI=1S/C26H24F3N5O2/c1-15(17-8-5-9-17)30-21-20-22(32-23(31-21)25(35)36)33-24(18-6-3-2-4-7-18)34(20)14-16-10-12-19(13-11-16)26(27,28)29/h2-4,6-7,10-13,15,17H,5,8-9,14H2,1H3,(H,35,36)(H,30,31,32)/t15-/m1/s1. The molecule has 10 heteroatoms. The first-order valence-electron chi connectivity index (χ1n) is 11.7. The number of benzene rings is 2. The van der Waals surface area contributed by atoms with Crippen LogP contribution in [0.3, 0.4) is 0 Å². The number of nitrogens with one attached hydrogen (secondary N) is 1. The van der Waals surface area contributed by atoms with E-state index in [4.69, 9.17) is 0 Å². The van der Waals surface area contributed by atoms with Crippen molar-refractivity contribution >= 4 is 23.0 Å². The zero-order valence-corrected chi connectivity index (χ0v) is 19.5. The summed E-state index contributed by atoms with van der Waals surface area (Å²) in [6, 6.07) is 14.3. The topological polar surface area (TPSA) is 92.9 Å². The van der Waals surface area contributed by atoms with Crippen LogP contribution in [0.2, 0.25) is 0 Å². The summed E-state index contributed by atoms with van der Waals surface area (Å²) in [6.45, 7) is 2.23. The summed E-state index contributed by atoms with van der Waals surface area (Å²) in [5.41, 5.74) is 1.37. The molecule has 36 heavy (non-hydrogen) atoms. The van der Waals surface area contributed by atoms with Crippen LogP contribution in [0.15, 0.2) is 54.6 Å². The van der Waals surface area contributed by atoms with Gasteiger partial charge in [0.25, 0.3) is 0 Å². The first-order chi connectivity index (χ1) is 17.2. The molecular formula is C26H24F3N5O2. The number of rotatable bonds is 7. The quantitative estimate of drug-likeness (QED) is 0.334. The lowest BCUT2D eigenvalue weighted by molar-refractivity contribution is -0.137. The fourth-order valence-corrected chi connectivity index (χ4v) is 4.45. The van der Waals surface area contributed by atoms with Crippen LogP contribution in [-0.2, 0) is 12.7 Å². The molecule has 1 atom stereocenters. The lowest BCUT2D eigenvalue weighted by Gasteiger charge is -2.32. The molecule has 2 aromatic carbocycles. The number of hydrogen-bond acceptors (Lipinski definition) is 5. The number of fused-ring (bicyclic) bond motifs is 1. The molecule has 2 aromatic heterocycles. The van der Waals surface area contributed by atoms with E-state index < -0.39 is 17.7 Å². The molecule has 186 valence electrons. The fraction of sp³-hybridized carbons (Fsp3) is 0.308. The highest BCUT2D eigenvalue weighted by Gasteiger charge is 2.30. The number of aromatic carboxylic acids is 1. The van der Waals surface area contributed by atoms with Crippen LogP contribution in [0.4, 0.5) is 19.0 Å². The first-order valence-corrected chi connectivity index (χ1v) is 11.7. The van der Waals surface area contributed by atoms with Gasteiger partial charge in [0.15, 0.2) is 11.5 Å². The number of carbonyl (C=O) groups is 1. The van der Waals surface area contributed by atoms with Crippen LogP contribution in [0.5, 0.6) is 0 Å². The summed E-state index contributed by atoms with van der Waals surface area (Å²) in [5, 5.41) is 13.0. The second-order valence-corrected chi connectivity index (χ2v) is 9.08. The van der Waals surface area contributed by atoms with Crippen LogP contribution in [-0.4, -0.2) is 36.6 Å². The number of imidazole rings is 1. The number of halogens is 3. The molecule has 0 saturated heterocycles. The second-order valence-electron chi connectivity index (χ2n) is 9.08. The fourth-order valence-electron chi connectivity index (χ4n) is 4.45. The SMILES string of the molecule is C[C@@H](Nc1nc(C(=O)O)nc2nc(-c3ccccc3)n(Cc3ccc(C(F)(F)F)cc3)c12)C1CCC1. The summed E-state index contributed by atoms with van der Waals surface area (Å²) in [6.07, 6.45) is -1.12. The van der Waals surface area contributed by atoms with E-state index in [1.54, 1.807) is 0 Å². The van der Waals surface area contributed by atoms with E-state index in [1.165, 1.54) is 12.1 Å². The molecule has 4 aromatic rings. The number of alkyl halides is 3. The number of hydrogen-bond donors (Lipinski definition) is 2. The maximum absolute atomic E-state index is 13.1. The van der Waals surface area contributed by atoms with Gasteiger partial charge in [0.05, 0.1) is 5.56 Å². The largest absolute Gasteiger partial charge is 0.475 e. The van der Waals surface area contributed by atoms with Gasteiger partial charge >= 0.3 is 12.1 Å². The minimum absolute atomic E-state index is 0.0492. The minimum atomic E-state index is -4.43. The molecule has 1 aliphatic rings. The van der Waals surface area contributed by atoms with Gasteiger partial charge < -0.3 is 15.0 Å². The maximum atomic E-state index is 13.1. The summed E-state index contributed by atoms with van der Waals surface area (Å²) < 4.78 is 41.1. The highest BCUT2D eigenvalue weighted by molar-refractivity contribution is 5.92. The number of aromatic nitrogens is 4. The van der Waals surface area contributed by atoms with E-state index in [0.29, 0.717) is 28.6 Å². The Hall–Kier alpha value is -3.95. The van der Waals surface area contributed by atoms with Crippen LogP contribution >= 0.6 is 0 Å². The molecule has 0 aliphatic heterocycles. The predicted molar refractivity (Wildman–Crippen MR) is 129 cm³/mol. The van der Waals surface area contributed by atoms with Crippen LogP contribution in [0.25, 0.3) is 22.6 Å². The van der Waals surface area contributed by atoms with Crippen molar-refractivity contribution in [3.63, 3.8) is 0 Å². The molecule has 1 fully saturated rings. The van der Waals surface area contributed by atoms with Gasteiger partial charge in [0.1, 0.15) is 11.3 Å². The van der Waals surface area contributed by atoms with Crippen molar-refractivity contribution < 1.29 is 23.1 Å². The van der Waals surface area contributed by atoms with Crippen molar-refractivity contribution in [3.8, 4) is 11.4 Å². The van der Waals surface area contributed by atoms with E-state index >= 15 is 0 Å². The molecule has 0 bridgehead atoms. The Morgan fingerprint density at radius 3 is 2.36 bits per heavy atom. The molecule has 0 spiro atoms. The zero-order chi connectivity index (χ0) is 25.4. The molecule has 5 rings (SSSR count). The van der Waals surface area contributed by atoms with Gasteiger partial charge in [-0.2, -0.15) is 13.2 Å². The predicted octanol–water partition coefficient (Wildman–Crippen LogP) is 5.86. The van der Waals surface area contributed by atoms with Gasteiger partial charge in [-0.05, 0) is 43.4 Å². The van der Waals surface area contributed by atoms with Crippen molar-refractivity contribution in [3.05, 3.63) is 71.5 Å². The first kappa shape index (κ1) is 23.8. The molecule has 0 amide bonds. The molecule has 2 N–H and O–H groups in total. The minimum Gasteiger partial charge on any atom is -0.475 e. The average Bonchev–Trinajstić information content (AvgIpc) is 3.16. The number of carboxylic acid groups (broad SMARTS) is 1. The third-order valence-corrected chi connectivity index (χ3v) is 6.67. The van der Waals surface area contributed by atoms with Gasteiger partial charge in [0.2, 0.25) is 5.82 Å². The van der Waals surface area contributed by atoms with Crippen LogP contribution in [0, 0.1) is 5.92 Å². The Morgan fingerprint density at radius 2 is 1.78 bits per heavy atom. The monoisotopic (exact) mass is 495 g/mol. The van der Waals surface area contributed by atoms with Gasteiger partial charge in [-0.15, -0.1) is 0 Å². The van der Waals surface area contributed by atoms with Crippen molar-refractivity contribution in [2.45, 2.75) is 44.9 Å². The van der Waals surface area contributed by atoms with Gasteiger partial charge in [0, 0.05) is 18.2 Å². The Labute approximate surface area is 205 Å². The van der Waals surface area contributed by atoms with Crippen LogP contribution in [0.1, 0.15) is 47.9 Å². The molecule has 0 unspecified atom stereocenters. The van der Waals surface area contributed by atoms with Crippen LogP contribution < -0.4 is 5.32 Å². The number of carboxylic acids is 1. The molecule has 0 radical (unpaired) electrons. The smallest absolute Gasteiger partial charge is 0.416 e. The Balaban J connectivity index is 1.66. The Morgan fingerprint density at radius 1 is 1.08 bits per heavy atom. The molecule has 7 nitrogen and oxygen atoms in total. The number of nitrogens with zero attached hydrogens (tertiary/aromatic N) is 4. The second kappa shape index (κ2) is 9.25. The zero-order valence-electron chi connectivity index (χ0n) is 19.5. The third-order valence-electron chi connectivity index (χ3n) is 6.67. The lowest BCUT2D eigenvalue weighted by atomic mass is 9.80. The van der Waals surface area contributed by atoms with Crippen molar-refractivity contribution in [2.24, 2.45) is 5.92 Å². The molecule has 2 heterocycles. The van der Waals surface area contributed by atoms with E-state index in [-0.39, 0.29) is 24.1 Å². The van der Waals surface area contributed by atoms with Crippen molar-refractivity contribution in [1.82, 2.24) is 19.5 Å². The van der Waals surface area contributed by atoms with Gasteiger partial charge in [-0.3, -0.25) is 0 Å². The van der Waals surface area contributed by atoms with Crippen molar-refractivity contribution in [2.75, 3.05) is 5.32 Å². The normalized spacial score (nSPS) is 15.0. The maximum Gasteiger partial charge on any atom is 0.416 e. The lowest BCUT2D eigenvalue weighted by Crippen LogP contribution is -2.31. The molecule has 1 aliphatic carbocycles. The van der Waals surface area contributed by atoms with Crippen molar-refractivity contribution in [1.29, 1.82) is 0 Å². The Kier molecular flexibility index (Phi) is 6.11. The summed E-state index contributed by atoms with van der Waals surface area (Å²) in [4.78, 5) is 24.9. The Bertz CT molecular complexity index is 1400. The number of anilines is 1. The van der Waals surface area contributed by atoms with Gasteiger partial charge in [-0.1, -0.05) is 48.9 Å².